The highest BCUT2D eigenvalue weighted by Gasteiger charge is 2.34. The lowest BCUT2D eigenvalue weighted by molar-refractivity contribution is 0.395. The zero-order valence-corrected chi connectivity index (χ0v) is 20.2. The maximum absolute atomic E-state index is 14.5. The third kappa shape index (κ3) is 4.88. The lowest BCUT2D eigenvalue weighted by Crippen LogP contribution is -2.18. The van der Waals surface area contributed by atoms with E-state index in [1.165, 1.54) is 11.1 Å². The van der Waals surface area contributed by atoms with E-state index in [9.17, 15) is 4.57 Å². The van der Waals surface area contributed by atoms with E-state index in [0.29, 0.717) is 16.8 Å². The maximum Gasteiger partial charge on any atom is 0.463 e. The summed E-state index contributed by atoms with van der Waals surface area (Å²) in [5.41, 5.74) is 5.47. The predicted octanol–water partition coefficient (Wildman–Crippen LogP) is 7.22. The van der Waals surface area contributed by atoms with Gasteiger partial charge in [0.2, 0.25) is 0 Å². The van der Waals surface area contributed by atoms with Crippen molar-refractivity contribution < 1.29 is 13.6 Å². The molecule has 0 radical (unpaired) electrons. The van der Waals surface area contributed by atoms with Crippen molar-refractivity contribution in [3.8, 4) is 11.5 Å². The number of rotatable bonds is 9. The molecule has 0 amide bonds. The molecule has 0 fully saturated rings. The zero-order chi connectivity index (χ0) is 22.4. The van der Waals surface area contributed by atoms with Gasteiger partial charge in [0.05, 0.1) is 5.30 Å². The topological polar surface area (TPSA) is 35.5 Å². The highest BCUT2D eigenvalue weighted by molar-refractivity contribution is 7.63. The number of hydrogen-bond donors (Lipinski definition) is 0. The lowest BCUT2D eigenvalue weighted by atomic mass is 10.0. The predicted molar refractivity (Wildman–Crippen MR) is 130 cm³/mol. The Morgan fingerprint density at radius 3 is 1.55 bits per heavy atom. The van der Waals surface area contributed by atoms with Crippen LogP contribution in [0.1, 0.15) is 55.5 Å². The van der Waals surface area contributed by atoms with Crippen molar-refractivity contribution in [2.75, 3.05) is 0 Å². The second-order valence-corrected chi connectivity index (χ2v) is 9.51. The van der Waals surface area contributed by atoms with Crippen molar-refractivity contribution in [1.29, 1.82) is 0 Å². The van der Waals surface area contributed by atoms with Gasteiger partial charge in [0.15, 0.2) is 0 Å². The van der Waals surface area contributed by atoms with E-state index in [4.69, 9.17) is 9.05 Å². The molecule has 0 spiro atoms. The fourth-order valence-electron chi connectivity index (χ4n) is 4.10. The van der Waals surface area contributed by atoms with Crippen molar-refractivity contribution in [2.24, 2.45) is 0 Å². The van der Waals surface area contributed by atoms with Crippen molar-refractivity contribution in [3.63, 3.8) is 0 Å². The van der Waals surface area contributed by atoms with Crippen LogP contribution in [0, 0.1) is 6.92 Å². The molecule has 0 heterocycles. The summed E-state index contributed by atoms with van der Waals surface area (Å²) in [7, 11) is -3.69. The third-order valence-corrected chi connectivity index (χ3v) is 7.74. The highest BCUT2D eigenvalue weighted by Crippen LogP contribution is 2.50. The molecule has 0 unspecified atom stereocenters. The van der Waals surface area contributed by atoms with Crippen molar-refractivity contribution in [3.05, 3.63) is 88.5 Å². The smallest absolute Gasteiger partial charge is 0.413 e. The molecule has 3 aromatic carbocycles. The summed E-state index contributed by atoms with van der Waals surface area (Å²) in [5.74, 6) is 1.27. The minimum absolute atomic E-state index is 0.600. The molecule has 0 saturated heterocycles. The Morgan fingerprint density at radius 2 is 1.13 bits per heavy atom. The Bertz CT molecular complexity index is 1030. The van der Waals surface area contributed by atoms with Gasteiger partial charge in [-0.15, -0.1) is 0 Å². The SMILES string of the molecule is CCc1cccc(OP(=O)(Oc2cccc(CC)c2CC)c2ccccc2C)c1CC. The van der Waals surface area contributed by atoms with Gasteiger partial charge in [-0.2, -0.15) is 0 Å². The van der Waals surface area contributed by atoms with Crippen molar-refractivity contribution >= 4 is 12.9 Å². The van der Waals surface area contributed by atoms with E-state index >= 15 is 0 Å². The quantitative estimate of drug-likeness (QED) is 0.332. The second-order valence-electron chi connectivity index (χ2n) is 7.67. The zero-order valence-electron chi connectivity index (χ0n) is 19.3. The molecule has 0 N–H and O–H groups in total. The molecule has 164 valence electrons. The first kappa shape index (κ1) is 23.2. The second kappa shape index (κ2) is 10.2. The Balaban J connectivity index is 2.15. The average Bonchev–Trinajstić information content (AvgIpc) is 2.78. The molecular weight excluding hydrogens is 403 g/mol. The van der Waals surface area contributed by atoms with E-state index in [0.717, 1.165) is 42.4 Å². The Hall–Kier alpha value is -2.51. The summed E-state index contributed by atoms with van der Waals surface area (Å²) >= 11 is 0. The molecule has 0 bridgehead atoms. The van der Waals surface area contributed by atoms with Crippen LogP contribution in [0.15, 0.2) is 60.7 Å². The summed E-state index contributed by atoms with van der Waals surface area (Å²) in [6, 6.07) is 19.5. The van der Waals surface area contributed by atoms with E-state index in [1.807, 2.05) is 55.5 Å². The van der Waals surface area contributed by atoms with Crippen molar-refractivity contribution in [1.82, 2.24) is 0 Å². The number of hydrogen-bond acceptors (Lipinski definition) is 3. The van der Waals surface area contributed by atoms with E-state index in [-0.39, 0.29) is 0 Å². The molecule has 0 atom stereocenters. The summed E-state index contributed by atoms with van der Waals surface area (Å²) in [4.78, 5) is 0. The summed E-state index contributed by atoms with van der Waals surface area (Å²) in [5, 5.41) is 0.600. The molecule has 0 aromatic heterocycles. The van der Waals surface area contributed by atoms with Crippen molar-refractivity contribution in [2.45, 2.75) is 60.3 Å². The molecular formula is C27H33O3P. The van der Waals surface area contributed by atoms with Gasteiger partial charge < -0.3 is 9.05 Å². The summed E-state index contributed by atoms with van der Waals surface area (Å²) in [6.07, 6.45) is 3.40. The van der Waals surface area contributed by atoms with Gasteiger partial charge in [-0.3, -0.25) is 0 Å². The van der Waals surface area contributed by atoms with Gasteiger partial charge in [-0.05, 0) is 78.6 Å². The fourth-order valence-corrected chi connectivity index (χ4v) is 5.97. The maximum atomic E-state index is 14.5. The summed E-state index contributed by atoms with van der Waals surface area (Å²) in [6.45, 7) is 10.4. The fraction of sp³-hybridized carbons (Fsp3) is 0.333. The van der Waals surface area contributed by atoms with Crippen LogP contribution in [0.2, 0.25) is 0 Å². The third-order valence-electron chi connectivity index (χ3n) is 5.78. The van der Waals surface area contributed by atoms with Gasteiger partial charge in [0.25, 0.3) is 0 Å². The Kier molecular flexibility index (Phi) is 7.62. The molecule has 0 aliphatic carbocycles. The normalized spacial score (nSPS) is 11.4. The van der Waals surface area contributed by atoms with Crippen LogP contribution in [0.25, 0.3) is 0 Å². The molecule has 31 heavy (non-hydrogen) atoms. The van der Waals surface area contributed by atoms with Gasteiger partial charge in [0, 0.05) is 0 Å². The van der Waals surface area contributed by atoms with Gasteiger partial charge >= 0.3 is 7.60 Å². The summed E-state index contributed by atoms with van der Waals surface area (Å²) < 4.78 is 27.2. The standard InChI is InChI=1S/C27H33O3P/c1-6-21-15-12-17-25(23(21)8-3)29-31(28,27-19-11-10-14-20(27)5)30-26-18-13-16-22(7-2)24(26)9-4/h10-19H,6-9H2,1-5H3. The van der Waals surface area contributed by atoms with Crippen LogP contribution < -0.4 is 14.4 Å². The molecule has 3 nitrogen and oxygen atoms in total. The van der Waals surface area contributed by atoms with E-state index in [2.05, 4.69) is 39.8 Å². The number of benzene rings is 3. The van der Waals surface area contributed by atoms with E-state index in [1.54, 1.807) is 0 Å². The van der Waals surface area contributed by atoms with Crippen LogP contribution in [0.5, 0.6) is 11.5 Å². The van der Waals surface area contributed by atoms with Crippen LogP contribution in [0.4, 0.5) is 0 Å². The largest absolute Gasteiger partial charge is 0.463 e. The van der Waals surface area contributed by atoms with Crippen LogP contribution >= 0.6 is 7.60 Å². The molecule has 0 aliphatic rings. The minimum atomic E-state index is -3.69. The van der Waals surface area contributed by atoms with E-state index < -0.39 is 7.60 Å². The molecule has 4 heteroatoms. The van der Waals surface area contributed by atoms with Crippen LogP contribution in [-0.4, -0.2) is 0 Å². The van der Waals surface area contributed by atoms with Crippen LogP contribution in [0.3, 0.4) is 0 Å². The van der Waals surface area contributed by atoms with Gasteiger partial charge in [0.1, 0.15) is 11.5 Å². The monoisotopic (exact) mass is 436 g/mol. The highest BCUT2D eigenvalue weighted by atomic mass is 31.2. The molecule has 0 saturated carbocycles. The average molecular weight is 437 g/mol. The minimum Gasteiger partial charge on any atom is -0.413 e. The lowest BCUT2D eigenvalue weighted by Gasteiger charge is -2.25. The molecule has 3 rings (SSSR count). The first-order valence-electron chi connectivity index (χ1n) is 11.2. The first-order chi connectivity index (χ1) is 15.0. The van der Waals surface area contributed by atoms with Gasteiger partial charge in [-0.25, -0.2) is 4.57 Å². The first-order valence-corrected chi connectivity index (χ1v) is 12.8. The molecule has 3 aromatic rings. The van der Waals surface area contributed by atoms with Gasteiger partial charge in [-0.1, -0.05) is 70.2 Å². The Labute approximate surface area is 187 Å². The van der Waals surface area contributed by atoms with Crippen LogP contribution in [-0.2, 0) is 30.2 Å². The molecule has 0 aliphatic heterocycles. The number of aryl methyl sites for hydroxylation is 3. The Morgan fingerprint density at radius 1 is 0.645 bits per heavy atom.